The normalized spacial score (nSPS) is 17.3. The number of likely N-dealkylation sites (tertiary alicyclic amines) is 1. The van der Waals surface area contributed by atoms with Gasteiger partial charge in [0.05, 0.1) is 12.2 Å². The molecule has 6 heteroatoms. The number of ether oxygens (including phenoxy) is 2. The highest BCUT2D eigenvalue weighted by Crippen LogP contribution is 2.13. The van der Waals surface area contributed by atoms with Gasteiger partial charge in [0.25, 0.3) is 0 Å². The molecule has 22 heavy (non-hydrogen) atoms. The average molecular weight is 314 g/mol. The van der Waals surface area contributed by atoms with Crippen LogP contribution >= 0.6 is 0 Å². The number of hydrogen-bond acceptors (Lipinski definition) is 4. The summed E-state index contributed by atoms with van der Waals surface area (Å²) < 4.78 is 10.9. The number of alkyl carbamates (subject to hydrolysis) is 1. The Balaban J connectivity index is 2.68. The van der Waals surface area contributed by atoms with Gasteiger partial charge in [-0.3, -0.25) is 4.79 Å². The molecule has 1 aliphatic rings. The highest BCUT2D eigenvalue weighted by Gasteiger charge is 2.30. The Morgan fingerprint density at radius 1 is 1.05 bits per heavy atom. The predicted octanol–water partition coefficient (Wildman–Crippen LogP) is 2.32. The molecule has 1 heterocycles. The molecule has 0 saturated carbocycles. The third kappa shape index (κ3) is 7.11. The van der Waals surface area contributed by atoms with E-state index in [2.05, 4.69) is 5.32 Å². The monoisotopic (exact) mass is 314 g/mol. The van der Waals surface area contributed by atoms with Gasteiger partial charge in [-0.25, -0.2) is 4.79 Å². The molecule has 2 amide bonds. The fourth-order valence-electron chi connectivity index (χ4n) is 2.12. The molecule has 0 radical (unpaired) electrons. The van der Waals surface area contributed by atoms with E-state index < -0.39 is 17.7 Å². The van der Waals surface area contributed by atoms with Gasteiger partial charge in [0.15, 0.2) is 0 Å². The zero-order valence-electron chi connectivity index (χ0n) is 14.7. The van der Waals surface area contributed by atoms with Crippen molar-refractivity contribution in [3.05, 3.63) is 0 Å². The SMILES string of the molecule is CC(C)(C)OC[C@H](NC(=O)OC(C)(C)C)C(=O)N1CCCC1. The average Bonchev–Trinajstić information content (AvgIpc) is 2.83. The minimum atomic E-state index is -0.716. The molecule has 1 aliphatic heterocycles. The maximum absolute atomic E-state index is 12.5. The number of carbonyl (C=O) groups excluding carboxylic acids is 2. The van der Waals surface area contributed by atoms with Gasteiger partial charge in [-0.05, 0) is 54.4 Å². The molecule has 0 unspecified atom stereocenters. The number of amides is 2. The molecule has 1 saturated heterocycles. The molecule has 0 aliphatic carbocycles. The fraction of sp³-hybridized carbons (Fsp3) is 0.875. The summed E-state index contributed by atoms with van der Waals surface area (Å²) in [6, 6.07) is -0.716. The molecule has 1 rings (SSSR count). The van der Waals surface area contributed by atoms with Crippen molar-refractivity contribution in [2.24, 2.45) is 0 Å². The number of nitrogens with zero attached hydrogens (tertiary/aromatic N) is 1. The van der Waals surface area contributed by atoms with Gasteiger partial charge >= 0.3 is 6.09 Å². The van der Waals surface area contributed by atoms with Gasteiger partial charge in [0.2, 0.25) is 5.91 Å². The summed E-state index contributed by atoms with van der Waals surface area (Å²) in [6.07, 6.45) is 1.42. The van der Waals surface area contributed by atoms with Gasteiger partial charge in [0, 0.05) is 13.1 Å². The van der Waals surface area contributed by atoms with Crippen LogP contribution in [-0.2, 0) is 14.3 Å². The van der Waals surface area contributed by atoms with Crippen molar-refractivity contribution in [3.8, 4) is 0 Å². The Morgan fingerprint density at radius 2 is 1.59 bits per heavy atom. The standard InChI is InChI=1S/C16H30N2O4/c1-15(2,3)21-11-12(13(19)18-9-7-8-10-18)17-14(20)22-16(4,5)6/h12H,7-11H2,1-6H3,(H,17,20)/t12-/m0/s1. The second-order valence-electron chi connectivity index (χ2n) is 7.65. The number of hydrogen-bond donors (Lipinski definition) is 1. The first-order chi connectivity index (χ1) is 9.98. The topological polar surface area (TPSA) is 67.9 Å². The molecule has 1 N–H and O–H groups in total. The molecule has 6 nitrogen and oxygen atoms in total. The van der Waals surface area contributed by atoms with E-state index in [0.29, 0.717) is 0 Å². The molecule has 0 bridgehead atoms. The summed E-state index contributed by atoms with van der Waals surface area (Å²) >= 11 is 0. The maximum Gasteiger partial charge on any atom is 0.408 e. The van der Waals surface area contributed by atoms with Crippen molar-refractivity contribution in [2.45, 2.75) is 71.6 Å². The Kier molecular flexibility index (Phi) is 6.23. The van der Waals surface area contributed by atoms with Gasteiger partial charge in [0.1, 0.15) is 11.6 Å². The van der Waals surface area contributed by atoms with Gasteiger partial charge in [-0.1, -0.05) is 0 Å². The second-order valence-corrected chi connectivity index (χ2v) is 7.65. The predicted molar refractivity (Wildman–Crippen MR) is 84.7 cm³/mol. The summed E-state index contributed by atoms with van der Waals surface area (Å²) in [7, 11) is 0. The smallest absolute Gasteiger partial charge is 0.408 e. The van der Waals surface area contributed by atoms with Crippen LogP contribution in [0.3, 0.4) is 0 Å². The summed E-state index contributed by atoms with van der Waals surface area (Å²) in [6.45, 7) is 12.7. The molecule has 1 atom stereocenters. The Morgan fingerprint density at radius 3 is 2.05 bits per heavy atom. The number of carbonyl (C=O) groups is 2. The Hall–Kier alpha value is -1.30. The number of rotatable bonds is 4. The minimum absolute atomic E-state index is 0.104. The lowest BCUT2D eigenvalue weighted by Gasteiger charge is -2.28. The number of nitrogens with one attached hydrogen (secondary N) is 1. The van der Waals surface area contributed by atoms with Crippen molar-refractivity contribution >= 4 is 12.0 Å². The first-order valence-corrected chi connectivity index (χ1v) is 7.90. The fourth-order valence-corrected chi connectivity index (χ4v) is 2.12. The van der Waals surface area contributed by atoms with Gasteiger partial charge < -0.3 is 19.7 Å². The summed E-state index contributed by atoms with van der Waals surface area (Å²) in [5.74, 6) is -0.104. The van der Waals surface area contributed by atoms with Crippen LogP contribution in [0.5, 0.6) is 0 Å². The van der Waals surface area contributed by atoms with E-state index in [1.165, 1.54) is 0 Å². The highest BCUT2D eigenvalue weighted by atomic mass is 16.6. The van der Waals surface area contributed by atoms with Crippen LogP contribution in [0, 0.1) is 0 Å². The molecule has 0 spiro atoms. The Labute approximate surface area is 133 Å². The van der Waals surface area contributed by atoms with Crippen LogP contribution < -0.4 is 5.32 Å². The lowest BCUT2D eigenvalue weighted by Crippen LogP contribution is -2.52. The van der Waals surface area contributed by atoms with E-state index in [9.17, 15) is 9.59 Å². The summed E-state index contributed by atoms with van der Waals surface area (Å²) in [4.78, 5) is 26.3. The minimum Gasteiger partial charge on any atom is -0.444 e. The van der Waals surface area contributed by atoms with Gasteiger partial charge in [-0.15, -0.1) is 0 Å². The highest BCUT2D eigenvalue weighted by molar-refractivity contribution is 5.86. The molecule has 128 valence electrons. The van der Waals surface area contributed by atoms with E-state index in [-0.39, 0.29) is 18.1 Å². The lowest BCUT2D eigenvalue weighted by molar-refractivity contribution is -0.135. The van der Waals surface area contributed by atoms with Crippen LogP contribution in [-0.4, -0.2) is 53.8 Å². The largest absolute Gasteiger partial charge is 0.444 e. The van der Waals surface area contributed by atoms with Crippen LogP contribution in [0.1, 0.15) is 54.4 Å². The van der Waals surface area contributed by atoms with Crippen molar-refractivity contribution in [2.75, 3.05) is 19.7 Å². The van der Waals surface area contributed by atoms with E-state index in [1.807, 2.05) is 20.8 Å². The van der Waals surface area contributed by atoms with E-state index in [1.54, 1.807) is 25.7 Å². The van der Waals surface area contributed by atoms with Crippen LogP contribution in [0.15, 0.2) is 0 Å². The lowest BCUT2D eigenvalue weighted by atomic mass is 10.2. The van der Waals surface area contributed by atoms with Crippen LogP contribution in [0.2, 0.25) is 0 Å². The Bertz CT molecular complexity index is 390. The first kappa shape index (κ1) is 18.7. The van der Waals surface area contributed by atoms with E-state index in [0.717, 1.165) is 25.9 Å². The first-order valence-electron chi connectivity index (χ1n) is 7.90. The summed E-state index contributed by atoms with van der Waals surface area (Å²) in [5.41, 5.74) is -0.977. The van der Waals surface area contributed by atoms with Crippen LogP contribution in [0.4, 0.5) is 4.79 Å². The van der Waals surface area contributed by atoms with Crippen LogP contribution in [0.25, 0.3) is 0 Å². The van der Waals surface area contributed by atoms with Crippen molar-refractivity contribution in [1.29, 1.82) is 0 Å². The zero-order valence-corrected chi connectivity index (χ0v) is 14.7. The third-order valence-corrected chi connectivity index (χ3v) is 3.09. The van der Waals surface area contributed by atoms with E-state index >= 15 is 0 Å². The molecule has 1 fully saturated rings. The third-order valence-electron chi connectivity index (χ3n) is 3.09. The quantitative estimate of drug-likeness (QED) is 0.864. The molecular weight excluding hydrogens is 284 g/mol. The molecular formula is C16H30N2O4. The summed E-state index contributed by atoms with van der Waals surface area (Å²) in [5, 5.41) is 2.65. The van der Waals surface area contributed by atoms with Crippen molar-refractivity contribution in [1.82, 2.24) is 10.2 Å². The van der Waals surface area contributed by atoms with E-state index in [4.69, 9.17) is 9.47 Å². The molecule has 0 aromatic rings. The van der Waals surface area contributed by atoms with Crippen molar-refractivity contribution in [3.63, 3.8) is 0 Å². The molecule has 0 aromatic carbocycles. The molecule has 0 aromatic heterocycles. The zero-order chi connectivity index (χ0) is 17.0. The second kappa shape index (κ2) is 7.31. The van der Waals surface area contributed by atoms with Crippen molar-refractivity contribution < 1.29 is 19.1 Å². The van der Waals surface area contributed by atoms with Gasteiger partial charge in [-0.2, -0.15) is 0 Å². The maximum atomic E-state index is 12.5.